The van der Waals surface area contributed by atoms with Crippen molar-refractivity contribution in [3.63, 3.8) is 0 Å². The maximum atomic E-state index is 12.1. The molecule has 1 saturated heterocycles. The van der Waals surface area contributed by atoms with Crippen molar-refractivity contribution in [3.05, 3.63) is 0 Å². The average molecular weight is 425 g/mol. The second-order valence-corrected chi connectivity index (χ2v) is 10.5. The second-order valence-electron chi connectivity index (χ2n) is 10.5. The highest BCUT2D eigenvalue weighted by molar-refractivity contribution is 6.01. The van der Waals surface area contributed by atoms with Crippen LogP contribution in [-0.4, -0.2) is 54.6 Å². The summed E-state index contributed by atoms with van der Waals surface area (Å²) in [6.45, 7) is 16.7. The molecule has 5 nitrogen and oxygen atoms in total. The Balaban J connectivity index is 2.03. The van der Waals surface area contributed by atoms with Crippen molar-refractivity contribution in [2.24, 2.45) is 10.8 Å². The topological polar surface area (TPSA) is 49.9 Å². The van der Waals surface area contributed by atoms with E-state index in [-0.39, 0.29) is 18.5 Å². The molecule has 0 atom stereocenters. The molecule has 0 spiro atoms. The molecule has 0 bridgehead atoms. The van der Waals surface area contributed by atoms with Crippen molar-refractivity contribution in [1.29, 1.82) is 0 Å². The van der Waals surface area contributed by atoms with E-state index in [4.69, 9.17) is 4.74 Å². The molecule has 0 saturated carbocycles. The average Bonchev–Trinajstić information content (AvgIpc) is 2.97. The summed E-state index contributed by atoms with van der Waals surface area (Å²) < 4.78 is 5.82. The molecule has 176 valence electrons. The molecular weight excluding hydrogens is 376 g/mol. The normalized spacial score (nSPS) is 15.5. The predicted molar refractivity (Wildman–Crippen MR) is 125 cm³/mol. The van der Waals surface area contributed by atoms with Gasteiger partial charge >= 0.3 is 6.03 Å². The maximum Gasteiger partial charge on any atom is 0.327 e. The van der Waals surface area contributed by atoms with Crippen molar-refractivity contribution in [1.82, 2.24) is 9.80 Å². The van der Waals surface area contributed by atoms with E-state index in [2.05, 4.69) is 34.6 Å². The Morgan fingerprint density at radius 2 is 1.33 bits per heavy atom. The van der Waals surface area contributed by atoms with Crippen LogP contribution in [0.5, 0.6) is 0 Å². The number of hydrogen-bond acceptors (Lipinski definition) is 3. The second kappa shape index (κ2) is 13.3. The SMILES string of the molecule is CCN1CC(=O)N(CCCCC(C)(C)CCCCOCCCCC(C)(C)CC)C1=O. The highest BCUT2D eigenvalue weighted by Gasteiger charge is 2.34. The van der Waals surface area contributed by atoms with Gasteiger partial charge in [-0.05, 0) is 56.3 Å². The number of amides is 3. The van der Waals surface area contributed by atoms with E-state index < -0.39 is 0 Å². The van der Waals surface area contributed by atoms with Gasteiger partial charge in [-0.15, -0.1) is 0 Å². The summed E-state index contributed by atoms with van der Waals surface area (Å²) in [6, 6.07) is -0.115. The molecule has 30 heavy (non-hydrogen) atoms. The lowest BCUT2D eigenvalue weighted by molar-refractivity contribution is -0.125. The molecule has 1 aliphatic rings. The zero-order valence-electron chi connectivity index (χ0n) is 20.7. The van der Waals surface area contributed by atoms with E-state index in [0.29, 0.717) is 23.9 Å². The molecular formula is C25H48N2O3. The molecule has 3 amide bonds. The largest absolute Gasteiger partial charge is 0.381 e. The van der Waals surface area contributed by atoms with Gasteiger partial charge in [-0.3, -0.25) is 9.69 Å². The lowest BCUT2D eigenvalue weighted by Crippen LogP contribution is -2.33. The third-order valence-electron chi connectivity index (χ3n) is 6.74. The predicted octanol–water partition coefficient (Wildman–Crippen LogP) is 6.26. The van der Waals surface area contributed by atoms with E-state index in [1.807, 2.05) is 6.92 Å². The van der Waals surface area contributed by atoms with Gasteiger partial charge in [-0.2, -0.15) is 0 Å². The number of rotatable bonds is 17. The fourth-order valence-corrected chi connectivity index (χ4v) is 3.95. The quantitative estimate of drug-likeness (QED) is 0.204. The number of imide groups is 1. The third-order valence-corrected chi connectivity index (χ3v) is 6.74. The summed E-state index contributed by atoms with van der Waals surface area (Å²) in [7, 11) is 0. The summed E-state index contributed by atoms with van der Waals surface area (Å²) in [4.78, 5) is 27.1. The lowest BCUT2D eigenvalue weighted by Gasteiger charge is -2.25. The molecule has 1 aliphatic heterocycles. The van der Waals surface area contributed by atoms with Crippen LogP contribution in [0.3, 0.4) is 0 Å². The summed E-state index contributed by atoms with van der Waals surface area (Å²) in [5.41, 5.74) is 0.779. The van der Waals surface area contributed by atoms with Crippen LogP contribution >= 0.6 is 0 Å². The van der Waals surface area contributed by atoms with Crippen LogP contribution in [0.2, 0.25) is 0 Å². The number of hydrogen-bond donors (Lipinski definition) is 0. The van der Waals surface area contributed by atoms with E-state index in [1.54, 1.807) is 4.90 Å². The fraction of sp³-hybridized carbons (Fsp3) is 0.920. The Morgan fingerprint density at radius 1 is 0.800 bits per heavy atom. The number of carbonyl (C=O) groups is 2. The molecule has 1 fully saturated rings. The van der Waals surface area contributed by atoms with Crippen LogP contribution in [0.4, 0.5) is 4.79 Å². The number of ether oxygens (including phenoxy) is 1. The number of nitrogens with zero attached hydrogens (tertiary/aromatic N) is 2. The van der Waals surface area contributed by atoms with Crippen LogP contribution in [0.15, 0.2) is 0 Å². The first-order chi connectivity index (χ1) is 14.1. The lowest BCUT2D eigenvalue weighted by atomic mass is 9.82. The zero-order valence-corrected chi connectivity index (χ0v) is 20.7. The van der Waals surface area contributed by atoms with Gasteiger partial charge in [-0.25, -0.2) is 4.79 Å². The molecule has 0 aromatic heterocycles. The number of urea groups is 1. The summed E-state index contributed by atoms with van der Waals surface area (Å²) in [6.07, 6.45) is 11.6. The highest BCUT2D eigenvalue weighted by atomic mass is 16.5. The molecule has 0 aliphatic carbocycles. The first-order valence-electron chi connectivity index (χ1n) is 12.3. The van der Waals surface area contributed by atoms with Crippen LogP contribution < -0.4 is 0 Å². The third kappa shape index (κ3) is 10.3. The van der Waals surface area contributed by atoms with E-state index in [0.717, 1.165) is 38.9 Å². The Kier molecular flexibility index (Phi) is 12.0. The standard InChI is InChI=1S/C25H48N2O3/c1-7-24(3,4)15-10-13-19-30-20-14-11-17-25(5,6)16-9-12-18-27-22(28)21-26(8-2)23(27)29/h7-21H2,1-6H3. The van der Waals surface area contributed by atoms with Gasteiger partial charge in [0.15, 0.2) is 0 Å². The Hall–Kier alpha value is -1.10. The van der Waals surface area contributed by atoms with Gasteiger partial charge in [0.05, 0.1) is 0 Å². The van der Waals surface area contributed by atoms with Crippen LogP contribution in [0.25, 0.3) is 0 Å². The molecule has 1 rings (SSSR count). The molecule has 0 radical (unpaired) electrons. The fourth-order valence-electron chi connectivity index (χ4n) is 3.95. The molecule has 0 aromatic rings. The highest BCUT2D eigenvalue weighted by Crippen LogP contribution is 2.30. The first-order valence-corrected chi connectivity index (χ1v) is 12.3. The van der Waals surface area contributed by atoms with Crippen molar-refractivity contribution in [2.45, 2.75) is 106 Å². The minimum Gasteiger partial charge on any atom is -0.381 e. The van der Waals surface area contributed by atoms with Crippen LogP contribution in [-0.2, 0) is 9.53 Å². The van der Waals surface area contributed by atoms with Crippen molar-refractivity contribution in [3.8, 4) is 0 Å². The van der Waals surface area contributed by atoms with Gasteiger partial charge in [0, 0.05) is 26.3 Å². The smallest absolute Gasteiger partial charge is 0.327 e. The van der Waals surface area contributed by atoms with Crippen molar-refractivity contribution >= 4 is 11.9 Å². The monoisotopic (exact) mass is 424 g/mol. The molecule has 5 heteroatoms. The van der Waals surface area contributed by atoms with Crippen molar-refractivity contribution < 1.29 is 14.3 Å². The van der Waals surface area contributed by atoms with E-state index in [9.17, 15) is 9.59 Å². The van der Waals surface area contributed by atoms with Crippen LogP contribution in [0.1, 0.15) is 106 Å². The van der Waals surface area contributed by atoms with Gasteiger partial charge in [-0.1, -0.05) is 60.3 Å². The number of carbonyl (C=O) groups excluding carboxylic acids is 2. The Labute approximate surface area is 185 Å². The Morgan fingerprint density at radius 3 is 1.83 bits per heavy atom. The number of unbranched alkanes of at least 4 members (excludes halogenated alkanes) is 3. The first kappa shape index (κ1) is 26.9. The van der Waals surface area contributed by atoms with Crippen molar-refractivity contribution in [2.75, 3.05) is 32.8 Å². The van der Waals surface area contributed by atoms with E-state index in [1.165, 1.54) is 43.4 Å². The number of likely N-dealkylation sites (N-methyl/N-ethyl adjacent to an activating group) is 1. The van der Waals surface area contributed by atoms with Gasteiger partial charge in [0.1, 0.15) is 6.54 Å². The van der Waals surface area contributed by atoms with Gasteiger partial charge < -0.3 is 9.64 Å². The summed E-state index contributed by atoms with van der Waals surface area (Å²) in [5.74, 6) is -0.0461. The van der Waals surface area contributed by atoms with E-state index >= 15 is 0 Å². The molecule has 1 heterocycles. The minimum atomic E-state index is -0.115. The van der Waals surface area contributed by atoms with Gasteiger partial charge in [0.2, 0.25) is 5.91 Å². The molecule has 0 aromatic carbocycles. The summed E-state index contributed by atoms with van der Waals surface area (Å²) in [5, 5.41) is 0. The summed E-state index contributed by atoms with van der Waals surface area (Å²) >= 11 is 0. The molecule has 0 unspecified atom stereocenters. The van der Waals surface area contributed by atoms with Gasteiger partial charge in [0.25, 0.3) is 0 Å². The minimum absolute atomic E-state index is 0.0461. The zero-order chi connectivity index (χ0) is 22.6. The molecule has 0 N–H and O–H groups in total. The van der Waals surface area contributed by atoms with Crippen LogP contribution in [0, 0.1) is 10.8 Å². The maximum absolute atomic E-state index is 12.1. The Bertz CT molecular complexity index is 517.